The van der Waals surface area contributed by atoms with Gasteiger partial charge in [-0.3, -0.25) is 4.79 Å². The molecule has 3 rings (SSSR count). The van der Waals surface area contributed by atoms with E-state index >= 15 is 0 Å². The third-order valence-corrected chi connectivity index (χ3v) is 4.39. The van der Waals surface area contributed by atoms with Crippen LogP contribution in [0.1, 0.15) is 35.2 Å². The predicted molar refractivity (Wildman–Crippen MR) is 79.2 cm³/mol. The first-order chi connectivity index (χ1) is 9.79. The van der Waals surface area contributed by atoms with Crippen molar-refractivity contribution < 1.29 is 9.53 Å². The summed E-state index contributed by atoms with van der Waals surface area (Å²) in [7, 11) is 1.75. The Morgan fingerprint density at radius 3 is 2.90 bits per heavy atom. The van der Waals surface area contributed by atoms with Crippen LogP contribution in [0.15, 0.2) is 18.2 Å². The lowest BCUT2D eigenvalue weighted by Gasteiger charge is -2.32. The molecule has 0 spiro atoms. The van der Waals surface area contributed by atoms with Gasteiger partial charge in [0.15, 0.2) is 0 Å². The Balaban J connectivity index is 1.78. The van der Waals surface area contributed by atoms with Crippen LogP contribution in [0, 0.1) is 0 Å². The molecule has 108 valence electrons. The zero-order valence-corrected chi connectivity index (χ0v) is 12.0. The van der Waals surface area contributed by atoms with Crippen LogP contribution in [0.3, 0.4) is 0 Å². The summed E-state index contributed by atoms with van der Waals surface area (Å²) < 4.78 is 5.37. The number of nitrogens with one attached hydrogen (secondary N) is 1. The van der Waals surface area contributed by atoms with E-state index in [0.29, 0.717) is 6.10 Å². The summed E-state index contributed by atoms with van der Waals surface area (Å²) in [6.45, 7) is 2.60. The second-order valence-corrected chi connectivity index (χ2v) is 5.59. The Bertz CT molecular complexity index is 493. The molecule has 1 aromatic carbocycles. The average molecular weight is 274 g/mol. The van der Waals surface area contributed by atoms with Crippen LogP contribution in [0.4, 0.5) is 5.69 Å². The Kier molecular flexibility index (Phi) is 3.92. The molecule has 0 saturated carbocycles. The summed E-state index contributed by atoms with van der Waals surface area (Å²) in [5.41, 5.74) is 3.21. The Morgan fingerprint density at radius 2 is 2.15 bits per heavy atom. The number of carbonyl (C=O) groups is 1. The first-order valence-corrected chi connectivity index (χ1v) is 7.47. The SMILES string of the molecule is COC1CCN(C(=O)c2cccc3c2CCCN3)CC1. The van der Waals surface area contributed by atoms with Gasteiger partial charge in [0.25, 0.3) is 5.91 Å². The number of fused-ring (bicyclic) bond motifs is 1. The molecule has 1 amide bonds. The zero-order chi connectivity index (χ0) is 13.9. The van der Waals surface area contributed by atoms with Crippen molar-refractivity contribution in [2.75, 3.05) is 32.1 Å². The molecule has 2 heterocycles. The minimum absolute atomic E-state index is 0.181. The maximum atomic E-state index is 12.7. The Labute approximate surface area is 120 Å². The molecular weight excluding hydrogens is 252 g/mol. The van der Waals surface area contributed by atoms with Crippen LogP contribution in [0.2, 0.25) is 0 Å². The van der Waals surface area contributed by atoms with Gasteiger partial charge in [0.05, 0.1) is 6.10 Å². The number of hydrogen-bond donors (Lipinski definition) is 1. The van der Waals surface area contributed by atoms with Gasteiger partial charge in [-0.05, 0) is 43.4 Å². The minimum Gasteiger partial charge on any atom is -0.385 e. The topological polar surface area (TPSA) is 41.6 Å². The quantitative estimate of drug-likeness (QED) is 0.899. The van der Waals surface area contributed by atoms with Crippen LogP contribution in [-0.2, 0) is 11.2 Å². The van der Waals surface area contributed by atoms with E-state index in [9.17, 15) is 4.79 Å². The molecule has 4 heteroatoms. The Morgan fingerprint density at radius 1 is 1.35 bits per heavy atom. The number of carbonyl (C=O) groups excluding carboxylic acids is 1. The molecule has 0 atom stereocenters. The largest absolute Gasteiger partial charge is 0.385 e. The van der Waals surface area contributed by atoms with Gasteiger partial charge < -0.3 is 15.0 Å². The highest BCUT2D eigenvalue weighted by Gasteiger charge is 2.26. The molecule has 0 unspecified atom stereocenters. The number of anilines is 1. The molecule has 20 heavy (non-hydrogen) atoms. The highest BCUT2D eigenvalue weighted by atomic mass is 16.5. The van der Waals surface area contributed by atoms with E-state index < -0.39 is 0 Å². The van der Waals surface area contributed by atoms with E-state index in [2.05, 4.69) is 11.4 Å². The summed E-state index contributed by atoms with van der Waals surface area (Å²) in [5.74, 6) is 0.181. The van der Waals surface area contributed by atoms with Gasteiger partial charge in [-0.2, -0.15) is 0 Å². The normalized spacial score (nSPS) is 19.4. The third kappa shape index (κ3) is 2.52. The molecule has 1 N–H and O–H groups in total. The number of rotatable bonds is 2. The molecule has 1 saturated heterocycles. The third-order valence-electron chi connectivity index (χ3n) is 4.39. The second kappa shape index (κ2) is 5.83. The van der Waals surface area contributed by atoms with Gasteiger partial charge in [0.2, 0.25) is 0 Å². The van der Waals surface area contributed by atoms with E-state index in [-0.39, 0.29) is 5.91 Å². The number of benzene rings is 1. The van der Waals surface area contributed by atoms with Crippen molar-refractivity contribution in [3.63, 3.8) is 0 Å². The number of ether oxygens (including phenoxy) is 1. The fraction of sp³-hybridized carbons (Fsp3) is 0.562. The van der Waals surface area contributed by atoms with Crippen LogP contribution >= 0.6 is 0 Å². The molecule has 4 nitrogen and oxygen atoms in total. The lowest BCUT2D eigenvalue weighted by molar-refractivity contribution is 0.0350. The fourth-order valence-corrected chi connectivity index (χ4v) is 3.18. The first-order valence-electron chi connectivity index (χ1n) is 7.47. The van der Waals surface area contributed by atoms with Gasteiger partial charge in [0, 0.05) is 38.0 Å². The van der Waals surface area contributed by atoms with Crippen LogP contribution in [-0.4, -0.2) is 43.7 Å². The molecule has 2 aliphatic heterocycles. The standard InChI is InChI=1S/C16H22N2O2/c1-20-12-7-10-18(11-8-12)16(19)14-4-2-6-15-13(14)5-3-9-17-15/h2,4,6,12,17H,3,5,7-11H2,1H3. The van der Waals surface area contributed by atoms with Gasteiger partial charge >= 0.3 is 0 Å². The monoisotopic (exact) mass is 274 g/mol. The van der Waals surface area contributed by atoms with Crippen molar-refractivity contribution in [1.29, 1.82) is 0 Å². The van der Waals surface area contributed by atoms with E-state index in [0.717, 1.165) is 56.6 Å². The predicted octanol–water partition coefficient (Wildman–Crippen LogP) is 2.30. The maximum absolute atomic E-state index is 12.7. The lowest BCUT2D eigenvalue weighted by atomic mass is 9.96. The molecule has 1 aromatic rings. The number of piperidine rings is 1. The number of hydrogen-bond acceptors (Lipinski definition) is 3. The fourth-order valence-electron chi connectivity index (χ4n) is 3.18. The van der Waals surface area contributed by atoms with Crippen molar-refractivity contribution >= 4 is 11.6 Å². The van der Waals surface area contributed by atoms with E-state index in [1.54, 1.807) is 7.11 Å². The van der Waals surface area contributed by atoms with Crippen LogP contribution < -0.4 is 5.32 Å². The van der Waals surface area contributed by atoms with E-state index in [4.69, 9.17) is 4.74 Å². The van der Waals surface area contributed by atoms with Gasteiger partial charge in [0.1, 0.15) is 0 Å². The zero-order valence-electron chi connectivity index (χ0n) is 12.0. The van der Waals surface area contributed by atoms with Gasteiger partial charge in [-0.25, -0.2) is 0 Å². The minimum atomic E-state index is 0.181. The van der Waals surface area contributed by atoms with Crippen LogP contribution in [0.25, 0.3) is 0 Å². The van der Waals surface area contributed by atoms with E-state index in [1.165, 1.54) is 5.56 Å². The molecule has 0 bridgehead atoms. The summed E-state index contributed by atoms with van der Waals surface area (Å²) in [4.78, 5) is 14.7. The Hall–Kier alpha value is -1.55. The van der Waals surface area contributed by atoms with Gasteiger partial charge in [-0.1, -0.05) is 6.07 Å². The molecule has 0 aliphatic carbocycles. The number of likely N-dealkylation sites (tertiary alicyclic amines) is 1. The smallest absolute Gasteiger partial charge is 0.254 e. The summed E-state index contributed by atoms with van der Waals surface area (Å²) in [5, 5.41) is 3.39. The summed E-state index contributed by atoms with van der Waals surface area (Å²) in [6, 6.07) is 6.02. The van der Waals surface area contributed by atoms with Crippen molar-refractivity contribution in [2.24, 2.45) is 0 Å². The van der Waals surface area contributed by atoms with Crippen molar-refractivity contribution in [3.05, 3.63) is 29.3 Å². The van der Waals surface area contributed by atoms with Gasteiger partial charge in [-0.15, -0.1) is 0 Å². The number of amides is 1. The summed E-state index contributed by atoms with van der Waals surface area (Å²) >= 11 is 0. The highest BCUT2D eigenvalue weighted by Crippen LogP contribution is 2.27. The van der Waals surface area contributed by atoms with E-state index in [1.807, 2.05) is 17.0 Å². The highest BCUT2D eigenvalue weighted by molar-refractivity contribution is 5.97. The molecule has 0 aromatic heterocycles. The average Bonchev–Trinajstić information content (AvgIpc) is 2.54. The molecule has 2 aliphatic rings. The summed E-state index contributed by atoms with van der Waals surface area (Å²) in [6.07, 6.45) is 4.29. The lowest BCUT2D eigenvalue weighted by Crippen LogP contribution is -2.41. The maximum Gasteiger partial charge on any atom is 0.254 e. The first kappa shape index (κ1) is 13.4. The number of methoxy groups -OCH3 is 1. The van der Waals surface area contributed by atoms with Crippen molar-refractivity contribution in [2.45, 2.75) is 31.8 Å². The number of nitrogens with zero attached hydrogens (tertiary/aromatic N) is 1. The van der Waals surface area contributed by atoms with Crippen molar-refractivity contribution in [3.8, 4) is 0 Å². The molecule has 1 fully saturated rings. The molecule has 0 radical (unpaired) electrons. The van der Waals surface area contributed by atoms with Crippen LogP contribution in [0.5, 0.6) is 0 Å². The second-order valence-electron chi connectivity index (χ2n) is 5.59. The van der Waals surface area contributed by atoms with Crippen molar-refractivity contribution in [1.82, 2.24) is 4.90 Å². The molecular formula is C16H22N2O2.